The molecule has 1 aromatic carbocycles. The van der Waals surface area contributed by atoms with Gasteiger partial charge in [0.2, 0.25) is 0 Å². The molecule has 1 N–H and O–H groups in total. The average Bonchev–Trinajstić information content (AvgIpc) is 2.79. The first kappa shape index (κ1) is 14.5. The molecule has 1 heterocycles. The molecule has 1 aliphatic heterocycles. The molecule has 19 heavy (non-hydrogen) atoms. The Kier molecular flexibility index (Phi) is 4.99. The van der Waals surface area contributed by atoms with E-state index in [4.69, 9.17) is 5.11 Å². The van der Waals surface area contributed by atoms with Gasteiger partial charge in [0.1, 0.15) is 0 Å². The van der Waals surface area contributed by atoms with Crippen LogP contribution >= 0.6 is 15.9 Å². The van der Waals surface area contributed by atoms with Crippen LogP contribution in [0.1, 0.15) is 30.4 Å². The first-order chi connectivity index (χ1) is 9.04. The van der Waals surface area contributed by atoms with E-state index in [-0.39, 0.29) is 0 Å². The topological polar surface area (TPSA) is 40.5 Å². The van der Waals surface area contributed by atoms with E-state index in [1.165, 1.54) is 11.1 Å². The summed E-state index contributed by atoms with van der Waals surface area (Å²) in [6.45, 7) is 5.19. The third kappa shape index (κ3) is 4.32. The van der Waals surface area contributed by atoms with Crippen LogP contribution in [0.2, 0.25) is 0 Å². The lowest BCUT2D eigenvalue weighted by Gasteiger charge is -2.16. The van der Waals surface area contributed by atoms with Gasteiger partial charge < -0.3 is 5.11 Å². The molecule has 0 aromatic heterocycles. The highest BCUT2D eigenvalue weighted by molar-refractivity contribution is 9.10. The molecule has 0 bridgehead atoms. The van der Waals surface area contributed by atoms with Crippen LogP contribution in [0.25, 0.3) is 0 Å². The van der Waals surface area contributed by atoms with Crippen LogP contribution in [0.5, 0.6) is 0 Å². The summed E-state index contributed by atoms with van der Waals surface area (Å²) in [4.78, 5) is 13.0. The average molecular weight is 326 g/mol. The zero-order valence-electron chi connectivity index (χ0n) is 11.2. The number of nitrogens with zero attached hydrogens (tertiary/aromatic N) is 1. The van der Waals surface area contributed by atoms with Gasteiger partial charge in [0, 0.05) is 24.0 Å². The van der Waals surface area contributed by atoms with Gasteiger partial charge in [0.05, 0.1) is 0 Å². The lowest BCUT2D eigenvalue weighted by atomic mass is 10.0. The molecular formula is C15H20BrNO2. The van der Waals surface area contributed by atoms with Crippen molar-refractivity contribution in [3.05, 3.63) is 33.8 Å². The number of rotatable bonds is 5. The maximum atomic E-state index is 10.6. The maximum Gasteiger partial charge on any atom is 0.303 e. The van der Waals surface area contributed by atoms with Crippen LogP contribution in [-0.4, -0.2) is 29.1 Å². The third-order valence-electron chi connectivity index (χ3n) is 3.76. The Morgan fingerprint density at radius 2 is 2.32 bits per heavy atom. The van der Waals surface area contributed by atoms with E-state index >= 15 is 0 Å². The molecule has 3 nitrogen and oxygen atoms in total. The highest BCUT2D eigenvalue weighted by atomic mass is 79.9. The Hall–Kier alpha value is -0.870. The van der Waals surface area contributed by atoms with E-state index in [1.807, 2.05) is 0 Å². The van der Waals surface area contributed by atoms with E-state index in [9.17, 15) is 4.79 Å². The summed E-state index contributed by atoms with van der Waals surface area (Å²) >= 11 is 3.52. The molecule has 0 amide bonds. The van der Waals surface area contributed by atoms with Gasteiger partial charge in [-0.25, -0.2) is 0 Å². The molecule has 1 saturated heterocycles. The van der Waals surface area contributed by atoms with E-state index in [0.29, 0.717) is 12.3 Å². The van der Waals surface area contributed by atoms with Crippen molar-refractivity contribution >= 4 is 21.9 Å². The van der Waals surface area contributed by atoms with Crippen LogP contribution < -0.4 is 0 Å². The Balaban J connectivity index is 1.84. The second-order valence-electron chi connectivity index (χ2n) is 5.41. The Labute approximate surface area is 122 Å². The molecule has 104 valence electrons. The predicted octanol–water partition coefficient (Wildman–Crippen LogP) is 3.44. The largest absolute Gasteiger partial charge is 0.481 e. The normalized spacial score (nSPS) is 19.8. The molecule has 1 fully saturated rings. The van der Waals surface area contributed by atoms with Crippen LogP contribution in [-0.2, 0) is 11.3 Å². The number of hydrogen-bond acceptors (Lipinski definition) is 2. The Bertz CT molecular complexity index is 461. The van der Waals surface area contributed by atoms with Crippen LogP contribution in [0, 0.1) is 12.8 Å². The molecule has 0 saturated carbocycles. The number of carbonyl (C=O) groups is 1. The van der Waals surface area contributed by atoms with Crippen molar-refractivity contribution in [1.82, 2.24) is 4.90 Å². The maximum absolute atomic E-state index is 10.6. The van der Waals surface area contributed by atoms with E-state index < -0.39 is 5.97 Å². The number of hydrogen-bond donors (Lipinski definition) is 1. The summed E-state index contributed by atoms with van der Waals surface area (Å²) in [5, 5.41) is 8.71. The van der Waals surface area contributed by atoms with Crippen LogP contribution in [0.4, 0.5) is 0 Å². The minimum atomic E-state index is -0.679. The highest BCUT2D eigenvalue weighted by Crippen LogP contribution is 2.24. The summed E-state index contributed by atoms with van der Waals surface area (Å²) in [6.07, 6.45) is 2.24. The zero-order chi connectivity index (χ0) is 13.8. The number of carboxylic acid groups (broad SMARTS) is 1. The quantitative estimate of drug-likeness (QED) is 0.901. The molecule has 0 aliphatic carbocycles. The number of carboxylic acids is 1. The molecule has 0 spiro atoms. The van der Waals surface area contributed by atoms with E-state index in [0.717, 1.165) is 36.9 Å². The second kappa shape index (κ2) is 6.53. The summed E-state index contributed by atoms with van der Waals surface area (Å²) in [5.74, 6) is -0.130. The van der Waals surface area contributed by atoms with Crippen molar-refractivity contribution in [2.45, 2.75) is 32.7 Å². The molecule has 2 rings (SSSR count). The van der Waals surface area contributed by atoms with Gasteiger partial charge >= 0.3 is 5.97 Å². The van der Waals surface area contributed by atoms with Gasteiger partial charge in [-0.1, -0.05) is 28.1 Å². The summed E-state index contributed by atoms with van der Waals surface area (Å²) in [5.41, 5.74) is 2.60. The monoisotopic (exact) mass is 325 g/mol. The zero-order valence-corrected chi connectivity index (χ0v) is 12.8. The van der Waals surface area contributed by atoms with Gasteiger partial charge in [-0.05, 0) is 49.4 Å². The molecular weight excluding hydrogens is 306 g/mol. The van der Waals surface area contributed by atoms with Crippen molar-refractivity contribution < 1.29 is 9.90 Å². The smallest absolute Gasteiger partial charge is 0.303 e. The van der Waals surface area contributed by atoms with Gasteiger partial charge in [-0.2, -0.15) is 0 Å². The van der Waals surface area contributed by atoms with Gasteiger partial charge in [0.25, 0.3) is 0 Å². The highest BCUT2D eigenvalue weighted by Gasteiger charge is 2.22. The molecule has 1 aromatic rings. The first-order valence-corrected chi connectivity index (χ1v) is 7.53. The fraction of sp³-hybridized carbons (Fsp3) is 0.533. The number of benzene rings is 1. The molecule has 1 aliphatic rings. The lowest BCUT2D eigenvalue weighted by Crippen LogP contribution is -2.20. The van der Waals surface area contributed by atoms with Crippen LogP contribution in [0.15, 0.2) is 22.7 Å². The standard InChI is InChI=1S/C15H20BrNO2/c1-11-8-13(2-4-14(11)16)10-17-7-6-12(9-17)3-5-15(18)19/h2,4,8,12H,3,5-7,9-10H2,1H3,(H,18,19). The number of aliphatic carboxylic acids is 1. The van der Waals surface area contributed by atoms with Gasteiger partial charge in [0.15, 0.2) is 0 Å². The second-order valence-corrected chi connectivity index (χ2v) is 6.26. The van der Waals surface area contributed by atoms with Crippen molar-refractivity contribution in [2.75, 3.05) is 13.1 Å². The Morgan fingerprint density at radius 1 is 1.53 bits per heavy atom. The SMILES string of the molecule is Cc1cc(CN2CCC(CCC(=O)O)C2)ccc1Br. The minimum absolute atomic E-state index is 0.301. The molecule has 1 unspecified atom stereocenters. The Morgan fingerprint density at radius 3 is 3.00 bits per heavy atom. The van der Waals surface area contributed by atoms with Crippen molar-refractivity contribution in [2.24, 2.45) is 5.92 Å². The summed E-state index contributed by atoms with van der Waals surface area (Å²) in [7, 11) is 0. The van der Waals surface area contributed by atoms with Crippen LogP contribution in [0.3, 0.4) is 0 Å². The van der Waals surface area contributed by atoms with E-state index in [2.05, 4.69) is 46.0 Å². The molecule has 4 heteroatoms. The lowest BCUT2D eigenvalue weighted by molar-refractivity contribution is -0.137. The minimum Gasteiger partial charge on any atom is -0.481 e. The number of aryl methyl sites for hydroxylation is 1. The predicted molar refractivity (Wildman–Crippen MR) is 79.1 cm³/mol. The molecule has 0 radical (unpaired) electrons. The number of likely N-dealkylation sites (tertiary alicyclic amines) is 1. The van der Waals surface area contributed by atoms with Crippen molar-refractivity contribution in [3.63, 3.8) is 0 Å². The first-order valence-electron chi connectivity index (χ1n) is 6.74. The third-order valence-corrected chi connectivity index (χ3v) is 4.65. The summed E-state index contributed by atoms with van der Waals surface area (Å²) < 4.78 is 1.15. The number of halogens is 1. The van der Waals surface area contributed by atoms with Crippen molar-refractivity contribution in [3.8, 4) is 0 Å². The van der Waals surface area contributed by atoms with Crippen molar-refractivity contribution in [1.29, 1.82) is 0 Å². The molecule has 1 atom stereocenters. The fourth-order valence-corrected chi connectivity index (χ4v) is 2.93. The van der Waals surface area contributed by atoms with Gasteiger partial charge in [-0.3, -0.25) is 9.69 Å². The summed E-state index contributed by atoms with van der Waals surface area (Å²) in [6, 6.07) is 6.47. The fourth-order valence-electron chi connectivity index (χ4n) is 2.68. The van der Waals surface area contributed by atoms with Gasteiger partial charge in [-0.15, -0.1) is 0 Å². The van der Waals surface area contributed by atoms with E-state index in [1.54, 1.807) is 0 Å².